The van der Waals surface area contributed by atoms with Gasteiger partial charge in [0.25, 0.3) is 0 Å². The Bertz CT molecular complexity index is 1070. The Morgan fingerprint density at radius 3 is 2.36 bits per heavy atom. The highest BCUT2D eigenvalue weighted by Gasteiger charge is 2.23. The van der Waals surface area contributed by atoms with Crippen molar-refractivity contribution in [3.8, 4) is 5.75 Å². The molecule has 0 radical (unpaired) electrons. The predicted molar refractivity (Wildman–Crippen MR) is 134 cm³/mol. The number of urea groups is 1. The summed E-state index contributed by atoms with van der Waals surface area (Å²) in [6, 6.07) is 25.1. The minimum atomic E-state index is -0.348. The van der Waals surface area contributed by atoms with Crippen LogP contribution >= 0.6 is 11.8 Å². The van der Waals surface area contributed by atoms with Crippen LogP contribution in [-0.4, -0.2) is 18.5 Å². The van der Waals surface area contributed by atoms with Crippen molar-refractivity contribution < 1.29 is 14.3 Å². The van der Waals surface area contributed by atoms with Gasteiger partial charge >= 0.3 is 12.0 Å². The first kappa shape index (κ1) is 24.4. The number of hydrogen-bond acceptors (Lipinski definition) is 4. The lowest BCUT2D eigenvalue weighted by molar-refractivity contribution is -0.131. The van der Waals surface area contributed by atoms with Gasteiger partial charge in [-0.2, -0.15) is 0 Å². The summed E-state index contributed by atoms with van der Waals surface area (Å²) < 4.78 is 5.20. The van der Waals surface area contributed by atoms with E-state index >= 15 is 0 Å². The van der Waals surface area contributed by atoms with Crippen LogP contribution in [0.5, 0.6) is 5.75 Å². The van der Waals surface area contributed by atoms with Crippen LogP contribution in [0, 0.1) is 0 Å². The van der Waals surface area contributed by atoms with Crippen LogP contribution in [0.2, 0.25) is 0 Å². The molecule has 0 aliphatic carbocycles. The van der Waals surface area contributed by atoms with E-state index in [2.05, 4.69) is 12.2 Å². The largest absolute Gasteiger partial charge is 0.427 e. The minimum Gasteiger partial charge on any atom is -0.427 e. The summed E-state index contributed by atoms with van der Waals surface area (Å²) in [4.78, 5) is 28.2. The minimum absolute atomic E-state index is 0.112. The third-order valence-corrected chi connectivity index (χ3v) is 6.07. The maximum absolute atomic E-state index is 13.2. The number of carbonyl (C=O) groups is 2. The highest BCUT2D eigenvalue weighted by Crippen LogP contribution is 2.34. The van der Waals surface area contributed by atoms with Crippen LogP contribution in [0.25, 0.3) is 0 Å². The maximum Gasteiger partial charge on any atom is 0.322 e. The second kappa shape index (κ2) is 12.1. The molecule has 1 N–H and O–H groups in total. The molecule has 0 aliphatic rings. The second-order valence-corrected chi connectivity index (χ2v) is 8.86. The molecule has 3 aromatic carbocycles. The first-order chi connectivity index (χ1) is 16.0. The number of ether oxygens (including phenoxy) is 1. The van der Waals surface area contributed by atoms with Crippen molar-refractivity contribution in [1.82, 2.24) is 5.32 Å². The standard InChI is InChI=1S/C27H30N2O3S/c1-4-5-17-28-27(31)29(20(2)22-11-7-6-8-12-22)23-13-9-15-25(18-23)33-26-16-10-14-24(19-26)32-21(3)30/h6-16,18-20H,4-5,17H2,1-3H3,(H,28,31). The Labute approximate surface area is 200 Å². The summed E-state index contributed by atoms with van der Waals surface area (Å²) in [7, 11) is 0. The predicted octanol–water partition coefficient (Wildman–Crippen LogP) is 6.84. The zero-order valence-electron chi connectivity index (χ0n) is 19.3. The quantitative estimate of drug-likeness (QED) is 0.215. The molecule has 33 heavy (non-hydrogen) atoms. The molecule has 0 saturated carbocycles. The van der Waals surface area contributed by atoms with Gasteiger partial charge in [-0.25, -0.2) is 4.79 Å². The molecule has 2 amide bonds. The van der Waals surface area contributed by atoms with Gasteiger partial charge < -0.3 is 10.1 Å². The van der Waals surface area contributed by atoms with E-state index in [0.29, 0.717) is 12.3 Å². The van der Waals surface area contributed by atoms with Crippen molar-refractivity contribution in [2.24, 2.45) is 0 Å². The topological polar surface area (TPSA) is 58.6 Å². The SMILES string of the molecule is CCCCNC(=O)N(c1cccc(Sc2cccc(OC(C)=O)c2)c1)C(C)c1ccccc1. The molecule has 0 heterocycles. The summed E-state index contributed by atoms with van der Waals surface area (Å²) >= 11 is 1.55. The van der Waals surface area contributed by atoms with E-state index in [-0.39, 0.29) is 18.0 Å². The molecule has 6 heteroatoms. The maximum atomic E-state index is 13.2. The molecule has 1 unspecified atom stereocenters. The van der Waals surface area contributed by atoms with E-state index in [0.717, 1.165) is 33.9 Å². The molecule has 172 valence electrons. The fraction of sp³-hybridized carbons (Fsp3) is 0.259. The van der Waals surface area contributed by atoms with Crippen LogP contribution < -0.4 is 15.0 Å². The Kier molecular flexibility index (Phi) is 8.95. The molecule has 0 spiro atoms. The van der Waals surface area contributed by atoms with Gasteiger partial charge in [-0.05, 0) is 55.3 Å². The van der Waals surface area contributed by atoms with Gasteiger partial charge in [-0.15, -0.1) is 0 Å². The van der Waals surface area contributed by atoms with Crippen LogP contribution in [0.4, 0.5) is 10.5 Å². The first-order valence-electron chi connectivity index (χ1n) is 11.2. The third kappa shape index (κ3) is 7.12. The molecule has 5 nitrogen and oxygen atoms in total. The highest BCUT2D eigenvalue weighted by atomic mass is 32.2. The first-order valence-corrected chi connectivity index (χ1v) is 12.0. The average Bonchev–Trinajstić information content (AvgIpc) is 2.80. The normalized spacial score (nSPS) is 11.5. The van der Waals surface area contributed by atoms with Gasteiger partial charge in [0.2, 0.25) is 0 Å². The number of rotatable bonds is 9. The molecular formula is C27H30N2O3S. The zero-order valence-corrected chi connectivity index (χ0v) is 20.1. The molecule has 3 rings (SSSR count). The molecule has 0 aromatic heterocycles. The van der Waals surface area contributed by atoms with E-state index < -0.39 is 0 Å². The molecule has 0 aliphatic heterocycles. The fourth-order valence-corrected chi connectivity index (χ4v) is 4.37. The average molecular weight is 463 g/mol. The lowest BCUT2D eigenvalue weighted by Gasteiger charge is -2.30. The molecule has 0 saturated heterocycles. The Balaban J connectivity index is 1.87. The van der Waals surface area contributed by atoms with E-state index in [9.17, 15) is 9.59 Å². The Hall–Kier alpha value is -3.25. The van der Waals surface area contributed by atoms with Crippen molar-refractivity contribution in [1.29, 1.82) is 0 Å². The number of carbonyl (C=O) groups excluding carboxylic acids is 2. The van der Waals surface area contributed by atoms with E-state index in [4.69, 9.17) is 4.74 Å². The summed E-state index contributed by atoms with van der Waals surface area (Å²) in [5.41, 5.74) is 1.89. The van der Waals surface area contributed by atoms with Crippen molar-refractivity contribution >= 4 is 29.4 Å². The number of benzene rings is 3. The van der Waals surface area contributed by atoms with Gasteiger partial charge in [0.15, 0.2) is 0 Å². The number of amides is 2. The number of anilines is 1. The van der Waals surface area contributed by atoms with E-state index in [1.54, 1.807) is 17.8 Å². The van der Waals surface area contributed by atoms with Gasteiger partial charge in [0.1, 0.15) is 5.75 Å². The fourth-order valence-electron chi connectivity index (χ4n) is 3.45. The number of esters is 1. The lowest BCUT2D eigenvalue weighted by Crippen LogP contribution is -2.42. The number of nitrogens with zero attached hydrogens (tertiary/aromatic N) is 1. The molecule has 1 atom stereocenters. The van der Waals surface area contributed by atoms with Crippen LogP contribution in [-0.2, 0) is 4.79 Å². The zero-order chi connectivity index (χ0) is 23.6. The monoisotopic (exact) mass is 462 g/mol. The van der Waals surface area contributed by atoms with Gasteiger partial charge in [0.05, 0.1) is 6.04 Å². The van der Waals surface area contributed by atoms with Gasteiger partial charge in [-0.1, -0.05) is 67.6 Å². The summed E-state index contributed by atoms with van der Waals surface area (Å²) in [5, 5.41) is 3.06. The van der Waals surface area contributed by atoms with Gasteiger partial charge in [-0.3, -0.25) is 9.69 Å². The summed E-state index contributed by atoms with van der Waals surface area (Å²) in [5.74, 6) is 0.164. The summed E-state index contributed by atoms with van der Waals surface area (Å²) in [6.45, 7) is 6.17. The Morgan fingerprint density at radius 1 is 0.970 bits per heavy atom. The lowest BCUT2D eigenvalue weighted by atomic mass is 10.1. The van der Waals surface area contributed by atoms with E-state index in [1.807, 2.05) is 84.6 Å². The molecule has 0 bridgehead atoms. The van der Waals surface area contributed by atoms with Crippen molar-refractivity contribution in [3.63, 3.8) is 0 Å². The van der Waals surface area contributed by atoms with E-state index in [1.165, 1.54) is 6.92 Å². The van der Waals surface area contributed by atoms with Crippen molar-refractivity contribution in [2.45, 2.75) is 49.4 Å². The number of hydrogen-bond donors (Lipinski definition) is 1. The molecule has 3 aromatic rings. The van der Waals surface area contributed by atoms with Crippen molar-refractivity contribution in [2.75, 3.05) is 11.4 Å². The van der Waals surface area contributed by atoms with Crippen molar-refractivity contribution in [3.05, 3.63) is 84.4 Å². The number of unbranched alkanes of at least 4 members (excludes halogenated alkanes) is 1. The summed E-state index contributed by atoms with van der Waals surface area (Å²) in [6.07, 6.45) is 1.96. The van der Waals surface area contributed by atoms with Crippen LogP contribution in [0.1, 0.15) is 45.2 Å². The smallest absolute Gasteiger partial charge is 0.322 e. The molecular weight excluding hydrogens is 432 g/mol. The van der Waals surface area contributed by atoms with Gasteiger partial charge in [0, 0.05) is 28.9 Å². The number of nitrogens with one attached hydrogen (secondary N) is 1. The Morgan fingerprint density at radius 2 is 1.67 bits per heavy atom. The van der Waals surface area contributed by atoms with Crippen LogP contribution in [0.3, 0.4) is 0 Å². The third-order valence-electron chi connectivity index (χ3n) is 5.09. The second-order valence-electron chi connectivity index (χ2n) is 7.71. The van der Waals surface area contributed by atoms with Crippen LogP contribution in [0.15, 0.2) is 88.7 Å². The molecule has 0 fully saturated rings. The highest BCUT2D eigenvalue weighted by molar-refractivity contribution is 7.99.